The number of pyridine rings is 2. The van der Waals surface area contributed by atoms with Crippen LogP contribution in [0.3, 0.4) is 0 Å². The number of nitriles is 2. The number of rotatable bonds is 4. The van der Waals surface area contributed by atoms with E-state index in [1.807, 2.05) is 57.3 Å². The molecule has 0 atom stereocenters. The van der Waals surface area contributed by atoms with Crippen molar-refractivity contribution in [1.82, 2.24) is 9.97 Å². The van der Waals surface area contributed by atoms with Gasteiger partial charge in [-0.05, 0) is 63.4 Å². The van der Waals surface area contributed by atoms with Crippen LogP contribution in [-0.2, 0) is 0 Å². The number of nitrogens with zero attached hydrogens (tertiary/aromatic N) is 6. The molecule has 1 N–H and O–H groups in total. The van der Waals surface area contributed by atoms with Gasteiger partial charge in [-0.25, -0.2) is 4.39 Å². The average molecular weight is 828 g/mol. The number of nitrogens with one attached hydrogen (secondary N) is 1. The van der Waals surface area contributed by atoms with Gasteiger partial charge >= 0.3 is 0 Å². The van der Waals surface area contributed by atoms with Crippen molar-refractivity contribution in [3.8, 4) is 12.1 Å². The first kappa shape index (κ1) is 31.0. The van der Waals surface area contributed by atoms with E-state index in [1.54, 1.807) is 0 Å². The molecule has 0 aliphatic heterocycles. The topological polar surface area (TPSA) is 172 Å². The summed E-state index contributed by atoms with van der Waals surface area (Å²) in [7, 11) is 0. The summed E-state index contributed by atoms with van der Waals surface area (Å²) in [6.07, 6.45) is 2.74. The summed E-state index contributed by atoms with van der Waals surface area (Å²) in [5, 5.41) is 44.0. The van der Waals surface area contributed by atoms with Crippen LogP contribution in [0.15, 0.2) is 54.9 Å². The molecule has 0 aliphatic rings. The lowest BCUT2D eigenvalue weighted by atomic mass is 10.1. The molecular formula is C26H10Cl2FI2N7O4. The van der Waals surface area contributed by atoms with E-state index in [0.29, 0.717) is 40.3 Å². The van der Waals surface area contributed by atoms with Crippen molar-refractivity contribution in [1.29, 1.82) is 10.5 Å². The second kappa shape index (κ2) is 12.9. The summed E-state index contributed by atoms with van der Waals surface area (Å²) >= 11 is 15.7. The minimum atomic E-state index is -0.572. The Kier molecular flexibility index (Phi) is 9.52. The molecule has 5 aromatic rings. The van der Waals surface area contributed by atoms with Crippen LogP contribution >= 0.6 is 68.4 Å². The zero-order chi connectivity index (χ0) is 30.7. The van der Waals surface area contributed by atoms with Crippen LogP contribution in [0.1, 0.15) is 11.1 Å². The van der Waals surface area contributed by atoms with Gasteiger partial charge in [0, 0.05) is 60.3 Å². The van der Waals surface area contributed by atoms with Gasteiger partial charge in [0.25, 0.3) is 11.4 Å². The lowest BCUT2D eigenvalue weighted by Crippen LogP contribution is -1.99. The summed E-state index contributed by atoms with van der Waals surface area (Å²) in [5.74, 6) is -0.572. The van der Waals surface area contributed by atoms with Gasteiger partial charge in [0.2, 0.25) is 0 Å². The SMILES string of the molecule is N#Cc1cnc2c(I)cc([N+](=O)[O-])cc2c1Cl.N#Cc1cnc2c(I)cc([N+](=O)[O-])cc2c1Nc1ccc(F)c(Cl)c1. The van der Waals surface area contributed by atoms with Crippen molar-refractivity contribution in [2.24, 2.45) is 0 Å². The minimum absolute atomic E-state index is 0.0688. The molecule has 0 unspecified atom stereocenters. The van der Waals surface area contributed by atoms with Gasteiger partial charge in [0.15, 0.2) is 0 Å². The molecule has 5 rings (SSSR count). The minimum Gasteiger partial charge on any atom is -0.354 e. The van der Waals surface area contributed by atoms with Crippen molar-refractivity contribution in [3.63, 3.8) is 0 Å². The van der Waals surface area contributed by atoms with Crippen molar-refractivity contribution < 1.29 is 14.2 Å². The molecule has 42 heavy (non-hydrogen) atoms. The highest BCUT2D eigenvalue weighted by Gasteiger charge is 2.18. The number of anilines is 2. The number of nitro groups is 2. The molecule has 0 saturated carbocycles. The van der Waals surface area contributed by atoms with Crippen LogP contribution in [0.5, 0.6) is 0 Å². The molecule has 0 aliphatic carbocycles. The first-order valence-corrected chi connectivity index (χ1v) is 14.1. The van der Waals surface area contributed by atoms with Crippen LogP contribution < -0.4 is 5.32 Å². The molecule has 208 valence electrons. The second-order valence-electron chi connectivity index (χ2n) is 8.17. The quantitative estimate of drug-likeness (QED) is 0.106. The zero-order valence-electron chi connectivity index (χ0n) is 20.4. The maximum Gasteiger partial charge on any atom is 0.271 e. The Morgan fingerprint density at radius 2 is 1.36 bits per heavy atom. The Labute approximate surface area is 272 Å². The molecule has 0 bridgehead atoms. The highest BCUT2D eigenvalue weighted by Crippen LogP contribution is 2.35. The third kappa shape index (κ3) is 6.41. The summed E-state index contributed by atoms with van der Waals surface area (Å²) < 4.78 is 14.5. The van der Waals surface area contributed by atoms with E-state index in [2.05, 4.69) is 15.3 Å². The van der Waals surface area contributed by atoms with Gasteiger partial charge in [-0.1, -0.05) is 23.2 Å². The van der Waals surface area contributed by atoms with Crippen LogP contribution in [0.25, 0.3) is 21.8 Å². The molecule has 0 amide bonds. The van der Waals surface area contributed by atoms with Crippen molar-refractivity contribution in [2.45, 2.75) is 0 Å². The van der Waals surface area contributed by atoms with Crippen LogP contribution in [0, 0.1) is 55.8 Å². The first-order valence-electron chi connectivity index (χ1n) is 11.2. The smallest absolute Gasteiger partial charge is 0.271 e. The zero-order valence-corrected chi connectivity index (χ0v) is 26.2. The van der Waals surface area contributed by atoms with E-state index in [9.17, 15) is 29.9 Å². The molecular weight excluding hydrogens is 818 g/mol. The van der Waals surface area contributed by atoms with E-state index in [4.69, 9.17) is 28.5 Å². The van der Waals surface area contributed by atoms with Gasteiger partial charge in [0.1, 0.15) is 18.0 Å². The Hall–Kier alpha value is -3.97. The van der Waals surface area contributed by atoms with Crippen molar-refractivity contribution in [3.05, 3.63) is 109 Å². The van der Waals surface area contributed by atoms with Crippen LogP contribution in [-0.4, -0.2) is 19.8 Å². The molecule has 3 aromatic carbocycles. The fourth-order valence-electron chi connectivity index (χ4n) is 3.69. The third-order valence-electron chi connectivity index (χ3n) is 5.60. The predicted octanol–water partition coefficient (Wildman–Crippen LogP) is 8.43. The summed E-state index contributed by atoms with van der Waals surface area (Å²) in [4.78, 5) is 29.1. The van der Waals surface area contributed by atoms with E-state index < -0.39 is 15.7 Å². The maximum atomic E-state index is 13.3. The predicted molar refractivity (Wildman–Crippen MR) is 171 cm³/mol. The van der Waals surface area contributed by atoms with Gasteiger partial charge in [0.05, 0.1) is 47.7 Å². The van der Waals surface area contributed by atoms with Gasteiger partial charge in [-0.15, -0.1) is 0 Å². The summed E-state index contributed by atoms with van der Waals surface area (Å²) in [6, 6.07) is 13.4. The van der Waals surface area contributed by atoms with Gasteiger partial charge in [-0.3, -0.25) is 30.2 Å². The lowest BCUT2D eigenvalue weighted by molar-refractivity contribution is -0.385. The normalized spacial score (nSPS) is 10.4. The highest BCUT2D eigenvalue weighted by molar-refractivity contribution is 14.1. The fraction of sp³-hybridized carbons (Fsp3) is 0. The Bertz CT molecular complexity index is 2030. The second-order valence-corrected chi connectivity index (χ2v) is 11.3. The highest BCUT2D eigenvalue weighted by atomic mass is 127. The largest absolute Gasteiger partial charge is 0.354 e. The first-order chi connectivity index (χ1) is 19.9. The molecule has 0 radical (unpaired) electrons. The molecule has 11 nitrogen and oxygen atoms in total. The maximum absolute atomic E-state index is 13.3. The Morgan fingerprint density at radius 1 is 0.833 bits per heavy atom. The van der Waals surface area contributed by atoms with Crippen molar-refractivity contribution in [2.75, 3.05) is 5.32 Å². The number of fused-ring (bicyclic) bond motifs is 2. The lowest BCUT2D eigenvalue weighted by Gasteiger charge is -2.12. The van der Waals surface area contributed by atoms with Gasteiger partial charge in [-0.2, -0.15) is 10.5 Å². The molecule has 2 heterocycles. The third-order valence-corrected chi connectivity index (χ3v) is 7.95. The molecule has 0 saturated heterocycles. The number of hydrogen-bond donors (Lipinski definition) is 1. The Morgan fingerprint density at radius 3 is 1.88 bits per heavy atom. The number of benzene rings is 3. The number of halogens is 5. The summed E-state index contributed by atoms with van der Waals surface area (Å²) in [6.45, 7) is 0. The van der Waals surface area contributed by atoms with E-state index in [0.717, 1.165) is 0 Å². The monoisotopic (exact) mass is 827 g/mol. The molecule has 0 spiro atoms. The summed E-state index contributed by atoms with van der Waals surface area (Å²) in [5.41, 5.74) is 2.07. The number of hydrogen-bond acceptors (Lipinski definition) is 9. The number of aromatic nitrogens is 2. The standard InChI is InChI=1S/C16H7ClFIN4O2.C10H3ClIN3O2/c17-12-3-9(1-2-13(12)18)22-15-8(6-20)7-21-16-11(15)4-10(23(24)25)5-14(16)19;11-9-5(3-13)4-14-10-7(9)1-6(15(16)17)2-8(10)12/h1-5,7H,(H,21,22);1-2,4H. The Balaban J connectivity index is 0.000000208. The number of non-ortho nitro benzene ring substituents is 2. The van der Waals surface area contributed by atoms with Gasteiger partial charge < -0.3 is 5.32 Å². The van der Waals surface area contributed by atoms with E-state index in [1.165, 1.54) is 54.9 Å². The molecule has 16 heteroatoms. The average Bonchev–Trinajstić information content (AvgIpc) is 2.96. The van der Waals surface area contributed by atoms with E-state index in [-0.39, 0.29) is 32.5 Å². The van der Waals surface area contributed by atoms with E-state index >= 15 is 0 Å². The fourth-order valence-corrected chi connectivity index (χ4v) is 5.60. The molecule has 0 fully saturated rings. The van der Waals surface area contributed by atoms with Crippen LogP contribution in [0.4, 0.5) is 27.1 Å². The van der Waals surface area contributed by atoms with Crippen LogP contribution in [0.2, 0.25) is 10.0 Å². The molecule has 2 aromatic heterocycles. The number of nitro benzene ring substituents is 2. The van der Waals surface area contributed by atoms with Crippen molar-refractivity contribution >= 4 is 113 Å².